The fourth-order valence-electron chi connectivity index (χ4n) is 4.15. The average molecular weight is 407 g/mol. The normalized spacial score (nSPS) is 18.3. The van der Waals surface area contributed by atoms with Gasteiger partial charge in [-0.15, -0.1) is 0 Å². The standard InChI is InChI=1S/C25H30N2O3/c1-2-22-5-3-4-12-27(22)23-9-8-19-13-18(6-7-20(19)15-23)14-21(16-26)25(30)11-10-24(29)17-28/h6-9,13-15,22,24,28-29H,2-5,10-12,17H2,1H3/b21-14+. The number of nitriles is 1. The molecule has 1 aliphatic rings. The number of piperidine rings is 1. The predicted octanol–water partition coefficient (Wildman–Crippen LogP) is 4.22. The first-order chi connectivity index (χ1) is 14.5. The molecule has 2 unspecified atom stereocenters. The minimum Gasteiger partial charge on any atom is -0.394 e. The highest BCUT2D eigenvalue weighted by atomic mass is 16.3. The lowest BCUT2D eigenvalue weighted by atomic mass is 9.98. The van der Waals surface area contributed by atoms with Crippen LogP contribution in [0.15, 0.2) is 42.0 Å². The number of rotatable bonds is 8. The van der Waals surface area contributed by atoms with E-state index in [4.69, 9.17) is 5.11 Å². The number of hydrogen-bond acceptors (Lipinski definition) is 5. The second kappa shape index (κ2) is 10.4. The fraction of sp³-hybridized carbons (Fsp3) is 0.440. The van der Waals surface area contributed by atoms with Crippen molar-refractivity contribution in [3.63, 3.8) is 0 Å². The molecule has 3 rings (SSSR count). The Hall–Kier alpha value is -2.68. The molecule has 0 spiro atoms. The van der Waals surface area contributed by atoms with Crippen molar-refractivity contribution in [2.75, 3.05) is 18.1 Å². The Morgan fingerprint density at radius 1 is 1.27 bits per heavy atom. The monoisotopic (exact) mass is 406 g/mol. The molecule has 1 aliphatic heterocycles. The molecule has 2 aromatic carbocycles. The van der Waals surface area contributed by atoms with Gasteiger partial charge in [0.2, 0.25) is 0 Å². The number of ketones is 1. The van der Waals surface area contributed by atoms with Crippen molar-refractivity contribution >= 4 is 28.3 Å². The van der Waals surface area contributed by atoms with Crippen LogP contribution in [-0.4, -0.2) is 41.3 Å². The lowest BCUT2D eigenvalue weighted by Gasteiger charge is -2.37. The third kappa shape index (κ3) is 5.27. The molecule has 0 radical (unpaired) electrons. The van der Waals surface area contributed by atoms with Gasteiger partial charge >= 0.3 is 0 Å². The van der Waals surface area contributed by atoms with Crippen LogP contribution >= 0.6 is 0 Å². The maximum absolute atomic E-state index is 12.3. The van der Waals surface area contributed by atoms with Gasteiger partial charge in [0.15, 0.2) is 5.78 Å². The summed E-state index contributed by atoms with van der Waals surface area (Å²) in [5.74, 6) is -0.323. The minimum absolute atomic E-state index is 0.0342. The van der Waals surface area contributed by atoms with Crippen molar-refractivity contribution in [1.82, 2.24) is 0 Å². The summed E-state index contributed by atoms with van der Waals surface area (Å²) in [5, 5.41) is 29.8. The maximum atomic E-state index is 12.3. The van der Waals surface area contributed by atoms with Gasteiger partial charge in [-0.2, -0.15) is 5.26 Å². The van der Waals surface area contributed by atoms with E-state index >= 15 is 0 Å². The number of fused-ring (bicyclic) bond motifs is 1. The van der Waals surface area contributed by atoms with Crippen LogP contribution in [0.25, 0.3) is 16.8 Å². The molecular weight excluding hydrogens is 376 g/mol. The number of aliphatic hydroxyl groups is 2. The molecule has 0 amide bonds. The van der Waals surface area contributed by atoms with E-state index in [1.54, 1.807) is 6.08 Å². The van der Waals surface area contributed by atoms with Gasteiger partial charge in [0, 0.05) is 24.7 Å². The molecule has 1 saturated heterocycles. The minimum atomic E-state index is -0.934. The zero-order valence-corrected chi connectivity index (χ0v) is 17.6. The number of carbonyl (C=O) groups is 1. The van der Waals surface area contributed by atoms with Gasteiger partial charge in [0.05, 0.1) is 18.3 Å². The molecule has 2 atom stereocenters. The van der Waals surface area contributed by atoms with E-state index in [2.05, 4.69) is 30.0 Å². The lowest BCUT2D eigenvalue weighted by Crippen LogP contribution is -2.39. The smallest absolute Gasteiger partial charge is 0.173 e. The summed E-state index contributed by atoms with van der Waals surface area (Å²) in [6.45, 7) is 2.96. The third-order valence-corrected chi connectivity index (χ3v) is 5.93. The summed E-state index contributed by atoms with van der Waals surface area (Å²) in [7, 11) is 0. The van der Waals surface area contributed by atoms with Crippen LogP contribution < -0.4 is 4.90 Å². The number of aliphatic hydroxyl groups excluding tert-OH is 2. The SMILES string of the molecule is CCC1CCCCN1c1ccc2cc(/C=C(\C#N)C(=O)CCC(O)CO)ccc2c1. The Kier molecular flexibility index (Phi) is 7.62. The first-order valence-electron chi connectivity index (χ1n) is 10.8. The molecule has 0 aromatic heterocycles. The van der Waals surface area contributed by atoms with Crippen LogP contribution in [-0.2, 0) is 4.79 Å². The van der Waals surface area contributed by atoms with Gasteiger partial charge in [-0.3, -0.25) is 4.79 Å². The van der Waals surface area contributed by atoms with Crippen molar-refractivity contribution in [3.05, 3.63) is 47.5 Å². The van der Waals surface area contributed by atoms with Crippen LogP contribution in [0.4, 0.5) is 5.69 Å². The zero-order chi connectivity index (χ0) is 21.5. The van der Waals surface area contributed by atoms with E-state index in [0.717, 1.165) is 29.3 Å². The summed E-state index contributed by atoms with van der Waals surface area (Å²) in [5.41, 5.74) is 2.12. The van der Waals surface area contributed by atoms with Gasteiger partial charge in [-0.25, -0.2) is 0 Å². The van der Waals surface area contributed by atoms with Crippen LogP contribution in [0, 0.1) is 11.3 Å². The Morgan fingerprint density at radius 2 is 2.03 bits per heavy atom. The summed E-state index contributed by atoms with van der Waals surface area (Å²) in [6, 6.07) is 15.0. The number of Topliss-reactive ketones (excluding diaryl/α,β-unsaturated/α-hetero) is 1. The van der Waals surface area contributed by atoms with Crippen molar-refractivity contribution < 1.29 is 15.0 Å². The summed E-state index contributed by atoms with van der Waals surface area (Å²) in [4.78, 5) is 14.8. The topological polar surface area (TPSA) is 84.6 Å². The predicted molar refractivity (Wildman–Crippen MR) is 120 cm³/mol. The van der Waals surface area contributed by atoms with Crippen molar-refractivity contribution in [2.45, 2.75) is 57.6 Å². The molecule has 0 saturated carbocycles. The molecule has 30 heavy (non-hydrogen) atoms. The summed E-state index contributed by atoms with van der Waals surface area (Å²) in [6.07, 6.45) is 5.78. The highest BCUT2D eigenvalue weighted by Crippen LogP contribution is 2.30. The second-order valence-corrected chi connectivity index (χ2v) is 8.01. The van der Waals surface area contributed by atoms with E-state index < -0.39 is 6.10 Å². The molecule has 158 valence electrons. The largest absolute Gasteiger partial charge is 0.394 e. The molecule has 2 aromatic rings. The molecule has 0 bridgehead atoms. The Balaban J connectivity index is 1.80. The fourth-order valence-corrected chi connectivity index (χ4v) is 4.15. The van der Waals surface area contributed by atoms with Crippen molar-refractivity contribution in [2.24, 2.45) is 0 Å². The molecular formula is C25H30N2O3. The van der Waals surface area contributed by atoms with Crippen LogP contribution in [0.1, 0.15) is 51.0 Å². The molecule has 2 N–H and O–H groups in total. The average Bonchev–Trinajstić information content (AvgIpc) is 2.80. The number of anilines is 1. The number of nitrogens with zero attached hydrogens (tertiary/aromatic N) is 2. The molecule has 5 heteroatoms. The van der Waals surface area contributed by atoms with E-state index in [9.17, 15) is 15.2 Å². The first kappa shape index (κ1) is 22.0. The van der Waals surface area contributed by atoms with Crippen LogP contribution in [0.3, 0.4) is 0 Å². The van der Waals surface area contributed by atoms with E-state index in [1.165, 1.54) is 24.9 Å². The van der Waals surface area contributed by atoms with E-state index in [0.29, 0.717) is 6.04 Å². The highest BCUT2D eigenvalue weighted by molar-refractivity contribution is 6.03. The molecule has 1 heterocycles. The zero-order valence-electron chi connectivity index (χ0n) is 17.6. The van der Waals surface area contributed by atoms with E-state index in [-0.39, 0.29) is 30.8 Å². The number of hydrogen-bond donors (Lipinski definition) is 2. The quantitative estimate of drug-likeness (QED) is 0.506. The molecule has 0 aliphatic carbocycles. The van der Waals surface area contributed by atoms with Crippen LogP contribution in [0.5, 0.6) is 0 Å². The van der Waals surface area contributed by atoms with Gasteiger partial charge in [0.25, 0.3) is 0 Å². The lowest BCUT2D eigenvalue weighted by molar-refractivity contribution is -0.115. The Labute approximate surface area is 178 Å². The number of benzene rings is 2. The van der Waals surface area contributed by atoms with E-state index in [1.807, 2.05) is 24.3 Å². The summed E-state index contributed by atoms with van der Waals surface area (Å²) >= 11 is 0. The van der Waals surface area contributed by atoms with Gasteiger partial charge in [0.1, 0.15) is 6.07 Å². The van der Waals surface area contributed by atoms with Crippen molar-refractivity contribution in [1.29, 1.82) is 5.26 Å². The maximum Gasteiger partial charge on any atom is 0.173 e. The Morgan fingerprint density at radius 3 is 2.77 bits per heavy atom. The molecule has 1 fully saturated rings. The Bertz CT molecular complexity index is 961. The molecule has 5 nitrogen and oxygen atoms in total. The van der Waals surface area contributed by atoms with Crippen LogP contribution in [0.2, 0.25) is 0 Å². The highest BCUT2D eigenvalue weighted by Gasteiger charge is 2.21. The number of allylic oxidation sites excluding steroid dienone is 1. The van der Waals surface area contributed by atoms with Gasteiger partial charge in [-0.1, -0.05) is 25.1 Å². The summed E-state index contributed by atoms with van der Waals surface area (Å²) < 4.78 is 0. The number of carbonyl (C=O) groups excluding carboxylic acids is 1. The van der Waals surface area contributed by atoms with Crippen molar-refractivity contribution in [3.8, 4) is 6.07 Å². The first-order valence-corrected chi connectivity index (χ1v) is 10.8. The van der Waals surface area contributed by atoms with Gasteiger partial charge < -0.3 is 15.1 Å². The second-order valence-electron chi connectivity index (χ2n) is 8.01. The third-order valence-electron chi connectivity index (χ3n) is 5.93. The van der Waals surface area contributed by atoms with Gasteiger partial charge in [-0.05, 0) is 72.7 Å².